The number of nitrogens with zero attached hydrogens (tertiary/aromatic N) is 4. The highest BCUT2D eigenvalue weighted by molar-refractivity contribution is 6.35. The summed E-state index contributed by atoms with van der Waals surface area (Å²) >= 11 is 13.0. The Hall–Kier alpha value is -3.68. The van der Waals surface area contributed by atoms with E-state index in [1.165, 1.54) is 24.3 Å². The van der Waals surface area contributed by atoms with Crippen molar-refractivity contribution >= 4 is 45.7 Å². The number of aryl methyl sites for hydroxylation is 1. The Kier molecular flexibility index (Phi) is 6.75. The van der Waals surface area contributed by atoms with Crippen LogP contribution < -0.4 is 4.90 Å². The number of aromatic nitrogens is 2. The van der Waals surface area contributed by atoms with Gasteiger partial charge < -0.3 is 14.9 Å². The molecule has 1 aliphatic rings. The van der Waals surface area contributed by atoms with Gasteiger partial charge in [-0.05, 0) is 55.0 Å². The normalized spacial score (nSPS) is 13.7. The maximum atomic E-state index is 14.8. The molecule has 1 fully saturated rings. The number of benzene rings is 3. The Morgan fingerprint density at radius 3 is 2.49 bits per heavy atom. The van der Waals surface area contributed by atoms with Crippen LogP contribution >= 0.6 is 23.2 Å². The molecule has 1 saturated heterocycles. The highest BCUT2D eigenvalue weighted by Gasteiger charge is 2.25. The molecule has 0 bridgehead atoms. The van der Waals surface area contributed by atoms with E-state index in [1.807, 2.05) is 24.0 Å². The minimum absolute atomic E-state index is 0.0121. The lowest BCUT2D eigenvalue weighted by molar-refractivity contribution is -0.126. The van der Waals surface area contributed by atoms with Crippen molar-refractivity contribution in [1.82, 2.24) is 15.1 Å². The lowest BCUT2D eigenvalue weighted by atomic mass is 9.96. The molecule has 37 heavy (non-hydrogen) atoms. The SMILES string of the molecule is C=CC(=O)N1CCN(c2nnc(-c3cc(Cl)ccc3C)c3cc(-c4c(O)cccc4F)c(Cl)cc23)CC1. The van der Waals surface area contributed by atoms with Gasteiger partial charge in [-0.3, -0.25) is 4.79 Å². The molecule has 3 aromatic carbocycles. The van der Waals surface area contributed by atoms with Crippen molar-refractivity contribution in [2.45, 2.75) is 6.92 Å². The van der Waals surface area contributed by atoms with Crippen LogP contribution in [0.1, 0.15) is 5.56 Å². The summed E-state index contributed by atoms with van der Waals surface area (Å²) in [5, 5.41) is 21.8. The van der Waals surface area contributed by atoms with Crippen molar-refractivity contribution in [2.24, 2.45) is 0 Å². The second-order valence-corrected chi connectivity index (χ2v) is 9.70. The number of phenols is 1. The predicted molar refractivity (Wildman–Crippen MR) is 146 cm³/mol. The van der Waals surface area contributed by atoms with Crippen LogP contribution in [0, 0.1) is 12.7 Å². The van der Waals surface area contributed by atoms with Gasteiger partial charge in [-0.15, -0.1) is 10.2 Å². The molecule has 1 aliphatic heterocycles. The maximum Gasteiger partial charge on any atom is 0.246 e. The van der Waals surface area contributed by atoms with E-state index >= 15 is 0 Å². The number of piperazine rings is 1. The van der Waals surface area contributed by atoms with E-state index in [2.05, 4.69) is 16.8 Å². The third-order valence-corrected chi connectivity index (χ3v) is 7.18. The number of anilines is 1. The van der Waals surface area contributed by atoms with Gasteiger partial charge in [0.1, 0.15) is 17.3 Å². The van der Waals surface area contributed by atoms with Gasteiger partial charge in [-0.1, -0.05) is 41.9 Å². The van der Waals surface area contributed by atoms with E-state index in [9.17, 15) is 14.3 Å². The van der Waals surface area contributed by atoms with Crippen LogP contribution in [0.15, 0.2) is 61.2 Å². The van der Waals surface area contributed by atoms with Crippen LogP contribution in [0.3, 0.4) is 0 Å². The zero-order valence-electron chi connectivity index (χ0n) is 20.0. The third kappa shape index (κ3) is 4.61. The molecule has 0 spiro atoms. The number of phenolic OH excluding ortho intramolecular Hbond substituents is 1. The lowest BCUT2D eigenvalue weighted by Crippen LogP contribution is -2.48. The zero-order chi connectivity index (χ0) is 26.3. The van der Waals surface area contributed by atoms with Crippen LogP contribution in [0.25, 0.3) is 33.2 Å². The molecule has 6 nitrogen and oxygen atoms in total. The zero-order valence-corrected chi connectivity index (χ0v) is 21.5. The summed E-state index contributed by atoms with van der Waals surface area (Å²) in [4.78, 5) is 15.8. The van der Waals surface area contributed by atoms with Gasteiger partial charge in [0.25, 0.3) is 0 Å². The first-order chi connectivity index (χ1) is 17.8. The summed E-state index contributed by atoms with van der Waals surface area (Å²) in [6.45, 7) is 7.63. The van der Waals surface area contributed by atoms with Crippen LogP contribution in [0.5, 0.6) is 5.75 Å². The predicted octanol–water partition coefficient (Wildman–Crippen LogP) is 6.26. The number of fused-ring (bicyclic) bond motifs is 1. The molecule has 0 atom stereocenters. The standard InChI is InChI=1S/C28H23Cl2FN4O2/c1-3-25(37)34-9-11-35(12-10-34)28-20-15-22(30)21(26-23(31)5-4-6-24(26)36)14-19(20)27(32-33-28)18-13-17(29)8-7-16(18)2/h3-8,13-15,36H,1,9-12H2,2H3. The Morgan fingerprint density at radius 1 is 1.03 bits per heavy atom. The number of hydrogen-bond donors (Lipinski definition) is 1. The Balaban J connectivity index is 1.72. The van der Waals surface area contributed by atoms with Crippen molar-refractivity contribution in [3.63, 3.8) is 0 Å². The largest absolute Gasteiger partial charge is 0.507 e. The number of rotatable bonds is 4. The van der Waals surface area contributed by atoms with Gasteiger partial charge in [0, 0.05) is 58.1 Å². The van der Waals surface area contributed by atoms with E-state index in [-0.39, 0.29) is 22.2 Å². The smallest absolute Gasteiger partial charge is 0.246 e. The first-order valence-corrected chi connectivity index (χ1v) is 12.4. The van der Waals surface area contributed by atoms with Gasteiger partial charge in [0.2, 0.25) is 5.91 Å². The average Bonchev–Trinajstić information content (AvgIpc) is 2.89. The molecular weight excluding hydrogens is 514 g/mol. The number of carbonyl (C=O) groups excluding carboxylic acids is 1. The van der Waals surface area contributed by atoms with Crippen LogP contribution in [0.4, 0.5) is 10.2 Å². The molecule has 1 amide bonds. The van der Waals surface area contributed by atoms with Crippen LogP contribution in [-0.2, 0) is 4.79 Å². The summed E-state index contributed by atoms with van der Waals surface area (Å²) in [6.07, 6.45) is 1.31. The fourth-order valence-electron chi connectivity index (χ4n) is 4.68. The second kappa shape index (κ2) is 10.00. The average molecular weight is 537 g/mol. The summed E-state index contributed by atoms with van der Waals surface area (Å²) in [5.41, 5.74) is 2.63. The van der Waals surface area contributed by atoms with E-state index in [0.29, 0.717) is 53.7 Å². The molecule has 1 aromatic heterocycles. The summed E-state index contributed by atoms with van der Waals surface area (Å²) in [5.74, 6) is -0.311. The van der Waals surface area contributed by atoms with Gasteiger partial charge in [-0.25, -0.2) is 4.39 Å². The van der Waals surface area contributed by atoms with Gasteiger partial charge >= 0.3 is 0 Å². The molecule has 0 saturated carbocycles. The fourth-order valence-corrected chi connectivity index (χ4v) is 5.11. The molecule has 1 N–H and O–H groups in total. The van der Waals surface area contributed by atoms with E-state index in [4.69, 9.17) is 23.2 Å². The van der Waals surface area contributed by atoms with E-state index in [1.54, 1.807) is 23.1 Å². The Bertz CT molecular complexity index is 1530. The molecule has 9 heteroatoms. The number of hydrogen-bond acceptors (Lipinski definition) is 5. The van der Waals surface area contributed by atoms with Crippen molar-refractivity contribution in [3.05, 3.63) is 82.6 Å². The molecular formula is C28H23Cl2FN4O2. The van der Waals surface area contributed by atoms with Gasteiger partial charge in [0.15, 0.2) is 5.82 Å². The van der Waals surface area contributed by atoms with E-state index < -0.39 is 5.82 Å². The number of carbonyl (C=O) groups is 1. The second-order valence-electron chi connectivity index (χ2n) is 8.86. The van der Waals surface area contributed by atoms with Crippen LogP contribution in [0.2, 0.25) is 10.0 Å². The Morgan fingerprint density at radius 2 is 1.78 bits per heavy atom. The Labute approximate surface area is 223 Å². The molecule has 2 heterocycles. The van der Waals surface area contributed by atoms with Crippen LogP contribution in [-0.4, -0.2) is 52.3 Å². The molecule has 5 rings (SSSR count). The lowest BCUT2D eigenvalue weighted by Gasteiger charge is -2.35. The minimum atomic E-state index is -0.591. The number of halogens is 3. The first kappa shape index (κ1) is 25.0. The fraction of sp³-hybridized carbons (Fsp3) is 0.179. The van der Waals surface area contributed by atoms with Gasteiger partial charge in [-0.2, -0.15) is 0 Å². The summed E-state index contributed by atoms with van der Waals surface area (Å²) in [6, 6.07) is 13.1. The van der Waals surface area contributed by atoms with Crippen molar-refractivity contribution in [1.29, 1.82) is 0 Å². The highest BCUT2D eigenvalue weighted by atomic mass is 35.5. The maximum absolute atomic E-state index is 14.8. The van der Waals surface area contributed by atoms with Crippen molar-refractivity contribution < 1.29 is 14.3 Å². The molecule has 4 aromatic rings. The molecule has 0 unspecified atom stereocenters. The van der Waals surface area contributed by atoms with Gasteiger partial charge in [0.05, 0.1) is 5.56 Å². The van der Waals surface area contributed by atoms with Crippen molar-refractivity contribution in [3.8, 4) is 28.1 Å². The quantitative estimate of drug-likeness (QED) is 0.312. The number of aromatic hydroxyl groups is 1. The monoisotopic (exact) mass is 536 g/mol. The number of amides is 1. The molecule has 188 valence electrons. The summed E-state index contributed by atoms with van der Waals surface area (Å²) < 4.78 is 14.8. The van der Waals surface area contributed by atoms with E-state index in [0.717, 1.165) is 16.5 Å². The molecule has 0 aliphatic carbocycles. The highest BCUT2D eigenvalue weighted by Crippen LogP contribution is 2.42. The third-order valence-electron chi connectivity index (χ3n) is 6.63. The molecule has 0 radical (unpaired) electrons. The minimum Gasteiger partial charge on any atom is -0.507 e. The topological polar surface area (TPSA) is 69.6 Å². The van der Waals surface area contributed by atoms with Crippen molar-refractivity contribution in [2.75, 3.05) is 31.1 Å². The first-order valence-electron chi connectivity index (χ1n) is 11.7. The summed E-state index contributed by atoms with van der Waals surface area (Å²) in [7, 11) is 0.